The van der Waals surface area contributed by atoms with Crippen LogP contribution in [-0.2, 0) is 102 Å². The third kappa shape index (κ3) is 30.3. The predicted octanol–water partition coefficient (Wildman–Crippen LogP) is -1.31. The SMILES string of the molecule is CCCCC1C(=O)N(C)C(CCCC)C(=O)NC(CCCNC(=N)N)C(=O)NC(C(=O)NCCN)CSCC(=O)NC(Cc2ccccc2)C(=O)N(C)C(C)C(=O)NC(CC(N)=O)C(=O)N2CCCC2C(=O)NC(Cc2cnc[nH]2)C(=O)NC(CC(C)C)C(=O)N(C)CC(=O)NC(Cc2c[nH]c3ccccc23)C(=O)NC(CCN)C(=O)NC(Cc2c[nH]c3ccccc23)C(=O)N1C. The first-order valence-electron chi connectivity index (χ1n) is 44.9. The number of likely N-dealkylation sites (N-methyl/N-ethyl adjacent to an activating group) is 4. The van der Waals surface area contributed by atoms with E-state index in [1.165, 1.54) is 57.4 Å². The summed E-state index contributed by atoms with van der Waals surface area (Å²) < 4.78 is 0. The lowest BCUT2D eigenvalue weighted by Gasteiger charge is -2.36. The lowest BCUT2D eigenvalue weighted by Crippen LogP contribution is -2.61. The lowest BCUT2D eigenvalue weighted by atomic mass is 9.99. The van der Waals surface area contributed by atoms with Gasteiger partial charge in [0.2, 0.25) is 94.5 Å². The van der Waals surface area contributed by atoms with Gasteiger partial charge >= 0.3 is 0 Å². The number of benzene rings is 3. The van der Waals surface area contributed by atoms with Gasteiger partial charge in [-0.3, -0.25) is 82.1 Å². The van der Waals surface area contributed by atoms with E-state index >= 15 is 24.0 Å². The summed E-state index contributed by atoms with van der Waals surface area (Å²) in [6.45, 7) is 7.67. The van der Waals surface area contributed by atoms with Gasteiger partial charge < -0.3 is 121 Å². The number of carbonyl (C=O) groups excluding carboxylic acids is 16. The number of thioether (sulfide) groups is 1. The molecule has 42 heteroatoms. The van der Waals surface area contributed by atoms with Gasteiger partial charge in [-0.2, -0.15) is 0 Å². The number of rotatable bonds is 27. The van der Waals surface area contributed by atoms with Gasteiger partial charge in [-0.15, -0.1) is 11.8 Å². The van der Waals surface area contributed by atoms with Crippen LogP contribution in [-0.4, -0.2) is 302 Å². The summed E-state index contributed by atoms with van der Waals surface area (Å²) in [7, 11) is 5.41. The van der Waals surface area contributed by atoms with Crippen LogP contribution in [0.5, 0.6) is 0 Å². The molecule has 2 aliphatic heterocycles. The monoisotopic (exact) mass is 1850 g/mol. The normalized spacial score (nSPS) is 23.5. The highest BCUT2D eigenvalue weighted by atomic mass is 32.2. The topological polar surface area (TPSA) is 610 Å². The number of amides is 16. The molecule has 0 radical (unpaired) electrons. The maximum absolute atomic E-state index is 15.8. The Morgan fingerprint density at radius 1 is 0.523 bits per heavy atom. The predicted molar refractivity (Wildman–Crippen MR) is 496 cm³/mol. The minimum absolute atomic E-state index is 0.00400. The Morgan fingerprint density at radius 3 is 1.67 bits per heavy atom. The largest absolute Gasteiger partial charge is 0.370 e. The summed E-state index contributed by atoms with van der Waals surface area (Å²) in [5.41, 5.74) is 26.9. The summed E-state index contributed by atoms with van der Waals surface area (Å²) in [4.78, 5) is 256. The number of hydrogen-bond acceptors (Lipinski definition) is 21. The van der Waals surface area contributed by atoms with Gasteiger partial charge in [0, 0.05) is 132 Å². The zero-order chi connectivity index (χ0) is 96.4. The van der Waals surface area contributed by atoms with Crippen LogP contribution in [0.3, 0.4) is 0 Å². The van der Waals surface area contributed by atoms with Gasteiger partial charge in [-0.25, -0.2) is 4.98 Å². The van der Waals surface area contributed by atoms with Crippen molar-refractivity contribution in [3.63, 3.8) is 0 Å². The Balaban J connectivity index is 1.18. The molecule has 132 heavy (non-hydrogen) atoms. The number of aromatic nitrogens is 4. The Morgan fingerprint density at radius 2 is 1.06 bits per heavy atom. The minimum Gasteiger partial charge on any atom is -0.370 e. The highest BCUT2D eigenvalue weighted by molar-refractivity contribution is 8.00. The van der Waals surface area contributed by atoms with E-state index in [4.69, 9.17) is 28.3 Å². The molecule has 8 rings (SSSR count). The van der Waals surface area contributed by atoms with Gasteiger partial charge in [-0.1, -0.05) is 120 Å². The Hall–Kier alpha value is -13.0. The van der Waals surface area contributed by atoms with Crippen molar-refractivity contribution in [3.8, 4) is 0 Å². The second-order valence-corrected chi connectivity index (χ2v) is 35.0. The molecular weight excluding hydrogens is 1720 g/mol. The molecular formula is C90H131N25O16S. The van der Waals surface area contributed by atoms with Crippen LogP contribution < -0.4 is 81.4 Å². The van der Waals surface area contributed by atoms with Crippen molar-refractivity contribution < 1.29 is 76.7 Å². The van der Waals surface area contributed by atoms with Crippen molar-refractivity contribution in [2.45, 2.75) is 222 Å². The van der Waals surface area contributed by atoms with Crippen molar-refractivity contribution in [2.24, 2.45) is 28.9 Å². The van der Waals surface area contributed by atoms with Crippen LogP contribution in [0, 0.1) is 11.3 Å². The molecule has 0 saturated carbocycles. The number of fused-ring (bicyclic) bond motifs is 3. The van der Waals surface area contributed by atoms with E-state index in [9.17, 15) is 52.7 Å². The number of carbonyl (C=O) groups is 16. The molecule has 0 spiro atoms. The first-order chi connectivity index (χ1) is 63.1. The van der Waals surface area contributed by atoms with Gasteiger partial charge in [0.15, 0.2) is 5.96 Å². The van der Waals surface area contributed by atoms with Crippen molar-refractivity contribution in [3.05, 3.63) is 126 Å². The molecule has 2 aliphatic rings. The fraction of sp³-hybridized carbons (Fsp3) is 0.533. The minimum atomic E-state index is -1.72. The molecule has 718 valence electrons. The van der Waals surface area contributed by atoms with Crippen LogP contribution in [0.15, 0.2) is 104 Å². The number of unbranched alkanes of at least 4 members (excludes halogenated alkanes) is 2. The average molecular weight is 1850 g/mol. The zero-order valence-electron chi connectivity index (χ0n) is 76.5. The van der Waals surface area contributed by atoms with Gasteiger partial charge in [0.05, 0.1) is 25.0 Å². The van der Waals surface area contributed by atoms with E-state index in [-0.39, 0.29) is 127 Å². The van der Waals surface area contributed by atoms with Crippen LogP contribution in [0.4, 0.5) is 0 Å². The molecule has 5 heterocycles. The summed E-state index contributed by atoms with van der Waals surface area (Å²) >= 11 is 0.886. The van der Waals surface area contributed by atoms with Crippen molar-refractivity contribution in [1.29, 1.82) is 5.41 Å². The molecule has 3 aromatic heterocycles. The number of primary amides is 1. The number of aromatic amines is 3. The Labute approximate surface area is 771 Å². The van der Waals surface area contributed by atoms with Crippen LogP contribution in [0.25, 0.3) is 21.8 Å². The number of imidazole rings is 1. The molecule has 41 nitrogen and oxygen atoms in total. The number of nitrogens with two attached hydrogens (primary N) is 4. The smallest absolute Gasteiger partial charge is 0.246 e. The molecule has 13 unspecified atom stereocenters. The van der Waals surface area contributed by atoms with E-state index in [1.54, 1.807) is 80.8 Å². The summed E-state index contributed by atoms with van der Waals surface area (Å²) in [6, 6.07) is 4.32. The van der Waals surface area contributed by atoms with Gasteiger partial charge in [0.1, 0.15) is 78.5 Å². The van der Waals surface area contributed by atoms with E-state index < -0.39 is 192 Å². The van der Waals surface area contributed by atoms with Crippen LogP contribution in [0.2, 0.25) is 0 Å². The van der Waals surface area contributed by atoms with E-state index in [2.05, 4.69) is 78.4 Å². The third-order valence-electron chi connectivity index (χ3n) is 23.4. The van der Waals surface area contributed by atoms with E-state index in [0.29, 0.717) is 69.9 Å². The zero-order valence-corrected chi connectivity index (χ0v) is 77.3. The molecule has 23 N–H and O–H groups in total. The first-order valence-corrected chi connectivity index (χ1v) is 46.0. The van der Waals surface area contributed by atoms with E-state index in [1.807, 2.05) is 38.1 Å². The number of nitrogens with one attached hydrogen (secondary N) is 15. The molecule has 2 saturated heterocycles. The average Bonchev–Trinajstić information content (AvgIpc) is 1.75. The number of para-hydroxylation sites is 2. The first kappa shape index (κ1) is 104. The standard InChI is InChI=1S/C90H131N25O16S/c1-10-12-30-71-83(125)105-62(29-21-36-98-90(94)95)79(121)110-70(78(120)97-37-35-92)49-132-50-76(118)103-67(40-54-23-15-14-16-24-54)86(128)112(7)53(5)77(119)107-69(44-74(93)116)88(130)115-38-22-32-72(115)84(126)106-65(43-57-47-96-51-101-57)82(124)108-66(39-52(3)4)85(127)111(6)48-75(117)102-64(41-55-45-99-60-27-19-17-25-58(55)60)81(123)104-63(33-34-91)80(122)109-68(42-56-46-100-61-28-20-18-26-59(56)61)87(129)114(9)73(31-13-11-2)89(131)113(71)8/h14-20,23-28,45-47,51-53,62-73,99-100H,10-13,21-22,29-44,48-50,91-92H2,1-9H3,(H2,93,116)(H,96,101)(H,97,120)(H,102,117)(H,103,118)(H,104,123)(H,105,125)(H,106,126)(H,107,119)(H,108,124)(H,109,122)(H,110,121)(H4,94,95,98). The van der Waals surface area contributed by atoms with E-state index in [0.717, 1.165) is 26.5 Å². The van der Waals surface area contributed by atoms with Gasteiger partial charge in [0.25, 0.3) is 0 Å². The second-order valence-electron chi connectivity index (χ2n) is 33.9. The highest BCUT2D eigenvalue weighted by Gasteiger charge is 2.44. The molecule has 0 aliphatic carbocycles. The maximum atomic E-state index is 15.8. The van der Waals surface area contributed by atoms with Gasteiger partial charge in [-0.05, 0) is 99.6 Å². The molecule has 3 aromatic carbocycles. The number of nitrogens with zero attached hydrogens (tertiary/aromatic N) is 6. The molecule has 6 aromatic rings. The maximum Gasteiger partial charge on any atom is 0.246 e. The molecule has 13 atom stereocenters. The number of guanidine groups is 1. The Bertz CT molecular complexity index is 4970. The van der Waals surface area contributed by atoms with Crippen molar-refractivity contribution in [2.75, 3.05) is 79.0 Å². The van der Waals surface area contributed by atoms with Crippen molar-refractivity contribution >= 4 is 134 Å². The molecule has 16 amide bonds. The number of H-pyrrole nitrogens is 3. The second kappa shape index (κ2) is 51.6. The van der Waals surface area contributed by atoms with Crippen LogP contribution in [0.1, 0.15) is 140 Å². The quantitative estimate of drug-likeness (QED) is 0.0162. The lowest BCUT2D eigenvalue weighted by molar-refractivity contribution is -0.149. The summed E-state index contributed by atoms with van der Waals surface area (Å²) in [5, 5.41) is 39.4. The summed E-state index contributed by atoms with van der Waals surface area (Å²) in [5.74, 6) is -14.8. The highest BCUT2D eigenvalue weighted by Crippen LogP contribution is 2.26. The molecule has 2 fully saturated rings. The van der Waals surface area contributed by atoms with Crippen LogP contribution >= 0.6 is 11.8 Å². The summed E-state index contributed by atoms with van der Waals surface area (Å²) in [6.07, 6.45) is 6.54. The molecule has 0 bridgehead atoms. The Kier molecular flexibility index (Phi) is 40.8. The fourth-order valence-corrected chi connectivity index (χ4v) is 16.9. The van der Waals surface area contributed by atoms with Crippen molar-refractivity contribution in [1.82, 2.24) is 103 Å². The third-order valence-corrected chi connectivity index (χ3v) is 24.5. The fourth-order valence-electron chi connectivity index (χ4n) is 16.1. The number of hydrogen-bond donors (Lipinski definition) is 19.